The average Bonchev–Trinajstić information content (AvgIpc) is 3.33. The SMILES string of the molecule is COC(=O)c1cccc(CN2C(=O)COc3ccc(NC(=O)c4ccc5c(c4)OCO5)cc32)c1. The number of fused-ring (bicyclic) bond motifs is 2. The third-order valence-corrected chi connectivity index (χ3v) is 5.48. The highest BCUT2D eigenvalue weighted by molar-refractivity contribution is 6.06. The van der Waals surface area contributed by atoms with Gasteiger partial charge in [-0.3, -0.25) is 9.59 Å². The zero-order chi connectivity index (χ0) is 23.7. The molecule has 2 heterocycles. The van der Waals surface area contributed by atoms with E-state index < -0.39 is 5.97 Å². The molecule has 0 saturated carbocycles. The van der Waals surface area contributed by atoms with E-state index in [1.54, 1.807) is 59.5 Å². The minimum absolute atomic E-state index is 0.105. The summed E-state index contributed by atoms with van der Waals surface area (Å²) in [5.41, 5.74) is 2.56. The number of hydrogen-bond acceptors (Lipinski definition) is 7. The summed E-state index contributed by atoms with van der Waals surface area (Å²) in [4.78, 5) is 38.9. The maximum absolute atomic E-state index is 12.8. The van der Waals surface area contributed by atoms with Gasteiger partial charge in [0.1, 0.15) is 5.75 Å². The second kappa shape index (κ2) is 8.78. The van der Waals surface area contributed by atoms with Gasteiger partial charge in [0, 0.05) is 11.3 Å². The second-order valence-electron chi connectivity index (χ2n) is 7.67. The lowest BCUT2D eigenvalue weighted by atomic mass is 10.1. The Kier molecular flexibility index (Phi) is 5.51. The molecule has 9 nitrogen and oxygen atoms in total. The lowest BCUT2D eigenvalue weighted by Gasteiger charge is -2.30. The van der Waals surface area contributed by atoms with E-state index in [2.05, 4.69) is 5.32 Å². The van der Waals surface area contributed by atoms with Crippen molar-refractivity contribution in [3.8, 4) is 17.2 Å². The van der Waals surface area contributed by atoms with Crippen LogP contribution in [0, 0.1) is 0 Å². The number of benzene rings is 3. The van der Waals surface area contributed by atoms with E-state index in [9.17, 15) is 14.4 Å². The normalized spacial score (nSPS) is 13.7. The number of amides is 2. The monoisotopic (exact) mass is 460 g/mol. The lowest BCUT2D eigenvalue weighted by Crippen LogP contribution is -2.38. The molecule has 3 aromatic carbocycles. The minimum Gasteiger partial charge on any atom is -0.482 e. The van der Waals surface area contributed by atoms with Crippen LogP contribution in [0.1, 0.15) is 26.3 Å². The fraction of sp³-hybridized carbons (Fsp3) is 0.160. The number of anilines is 2. The highest BCUT2D eigenvalue weighted by Crippen LogP contribution is 2.36. The van der Waals surface area contributed by atoms with E-state index in [0.717, 1.165) is 5.56 Å². The number of nitrogens with zero attached hydrogens (tertiary/aromatic N) is 1. The highest BCUT2D eigenvalue weighted by Gasteiger charge is 2.27. The first-order valence-corrected chi connectivity index (χ1v) is 10.5. The molecule has 1 N–H and O–H groups in total. The number of carbonyl (C=O) groups excluding carboxylic acids is 3. The molecule has 2 aliphatic rings. The van der Waals surface area contributed by atoms with Crippen molar-refractivity contribution in [3.63, 3.8) is 0 Å². The molecule has 2 amide bonds. The van der Waals surface area contributed by atoms with E-state index in [0.29, 0.717) is 39.8 Å². The van der Waals surface area contributed by atoms with Crippen LogP contribution in [-0.2, 0) is 16.1 Å². The summed E-state index contributed by atoms with van der Waals surface area (Å²) in [6.07, 6.45) is 0. The van der Waals surface area contributed by atoms with Crippen molar-refractivity contribution < 1.29 is 33.3 Å². The van der Waals surface area contributed by atoms with Gasteiger partial charge >= 0.3 is 5.97 Å². The van der Waals surface area contributed by atoms with Crippen LogP contribution in [0.2, 0.25) is 0 Å². The fourth-order valence-corrected chi connectivity index (χ4v) is 3.79. The number of hydrogen-bond donors (Lipinski definition) is 1. The molecule has 0 atom stereocenters. The molecule has 2 aliphatic heterocycles. The van der Waals surface area contributed by atoms with Crippen LogP contribution < -0.4 is 24.4 Å². The van der Waals surface area contributed by atoms with E-state index in [-0.39, 0.29) is 31.8 Å². The zero-order valence-electron chi connectivity index (χ0n) is 18.2. The Bertz CT molecular complexity index is 1300. The first-order chi connectivity index (χ1) is 16.5. The van der Waals surface area contributed by atoms with Crippen LogP contribution in [0.4, 0.5) is 11.4 Å². The fourth-order valence-electron chi connectivity index (χ4n) is 3.79. The van der Waals surface area contributed by atoms with Crippen LogP contribution >= 0.6 is 0 Å². The van der Waals surface area contributed by atoms with E-state index in [1.165, 1.54) is 7.11 Å². The Labute approximate surface area is 194 Å². The number of carbonyl (C=O) groups is 3. The Balaban J connectivity index is 1.39. The van der Waals surface area contributed by atoms with Gasteiger partial charge in [-0.2, -0.15) is 0 Å². The van der Waals surface area contributed by atoms with Crippen molar-refractivity contribution in [1.29, 1.82) is 0 Å². The van der Waals surface area contributed by atoms with Gasteiger partial charge < -0.3 is 29.2 Å². The molecule has 3 aromatic rings. The first-order valence-electron chi connectivity index (χ1n) is 10.5. The first kappa shape index (κ1) is 21.3. The van der Waals surface area contributed by atoms with Gasteiger partial charge in [-0.05, 0) is 54.1 Å². The molecule has 34 heavy (non-hydrogen) atoms. The minimum atomic E-state index is -0.455. The second-order valence-corrected chi connectivity index (χ2v) is 7.67. The smallest absolute Gasteiger partial charge is 0.337 e. The molecule has 0 fully saturated rings. The molecular weight excluding hydrogens is 440 g/mol. The van der Waals surface area contributed by atoms with Gasteiger partial charge in [0.25, 0.3) is 11.8 Å². The summed E-state index contributed by atoms with van der Waals surface area (Å²) in [5.74, 6) is 0.591. The molecule has 0 aromatic heterocycles. The quantitative estimate of drug-likeness (QED) is 0.582. The molecule has 172 valence electrons. The zero-order valence-corrected chi connectivity index (χ0v) is 18.2. The maximum Gasteiger partial charge on any atom is 0.337 e. The Morgan fingerprint density at radius 3 is 2.62 bits per heavy atom. The predicted octanol–water partition coefficient (Wildman–Crippen LogP) is 3.38. The maximum atomic E-state index is 12.8. The van der Waals surface area contributed by atoms with Gasteiger partial charge in [0.2, 0.25) is 6.79 Å². The van der Waals surface area contributed by atoms with Crippen molar-refractivity contribution in [3.05, 3.63) is 77.4 Å². The molecule has 9 heteroatoms. The molecule has 5 rings (SSSR count). The van der Waals surface area contributed by atoms with Gasteiger partial charge in [0.05, 0.1) is 24.9 Å². The van der Waals surface area contributed by atoms with E-state index in [1.807, 2.05) is 6.07 Å². The third-order valence-electron chi connectivity index (χ3n) is 5.48. The molecule has 0 unspecified atom stereocenters. The van der Waals surface area contributed by atoms with Crippen molar-refractivity contribution >= 4 is 29.2 Å². The van der Waals surface area contributed by atoms with Crippen LogP contribution in [0.25, 0.3) is 0 Å². The van der Waals surface area contributed by atoms with Crippen LogP contribution in [0.5, 0.6) is 17.2 Å². The molecule has 0 saturated heterocycles. The number of ether oxygens (including phenoxy) is 4. The molecule has 0 aliphatic carbocycles. The van der Waals surface area contributed by atoms with Crippen molar-refractivity contribution in [2.24, 2.45) is 0 Å². The summed E-state index contributed by atoms with van der Waals surface area (Å²) in [6.45, 7) is 0.240. The van der Waals surface area contributed by atoms with Gasteiger partial charge in [-0.15, -0.1) is 0 Å². The summed E-state index contributed by atoms with van der Waals surface area (Å²) in [5, 5.41) is 2.84. The molecular formula is C25H20N2O7. The lowest BCUT2D eigenvalue weighted by molar-refractivity contribution is -0.121. The van der Waals surface area contributed by atoms with E-state index in [4.69, 9.17) is 18.9 Å². The van der Waals surface area contributed by atoms with Crippen LogP contribution in [0.15, 0.2) is 60.7 Å². The van der Waals surface area contributed by atoms with Gasteiger partial charge in [0.15, 0.2) is 18.1 Å². The Morgan fingerprint density at radius 2 is 1.76 bits per heavy atom. The van der Waals surface area contributed by atoms with Crippen LogP contribution in [-0.4, -0.2) is 38.3 Å². The third kappa shape index (κ3) is 4.11. The standard InChI is InChI=1S/C25H20N2O7/c1-31-25(30)17-4-2-3-15(9-17)12-27-19-11-18(6-8-20(19)32-13-23(27)28)26-24(29)16-5-7-21-22(10-16)34-14-33-21/h2-11H,12-14H2,1H3,(H,26,29). The highest BCUT2D eigenvalue weighted by atomic mass is 16.7. The predicted molar refractivity (Wildman–Crippen MR) is 121 cm³/mol. The summed E-state index contributed by atoms with van der Waals surface area (Å²) >= 11 is 0. The summed E-state index contributed by atoms with van der Waals surface area (Å²) < 4.78 is 21.0. The van der Waals surface area contributed by atoms with Gasteiger partial charge in [-0.1, -0.05) is 12.1 Å². The average molecular weight is 460 g/mol. The Morgan fingerprint density at radius 1 is 0.941 bits per heavy atom. The number of esters is 1. The summed E-state index contributed by atoms with van der Waals surface area (Å²) in [7, 11) is 1.32. The number of nitrogens with one attached hydrogen (secondary N) is 1. The van der Waals surface area contributed by atoms with Crippen molar-refractivity contribution in [2.75, 3.05) is 30.7 Å². The topological polar surface area (TPSA) is 103 Å². The van der Waals surface area contributed by atoms with Crippen LogP contribution in [0.3, 0.4) is 0 Å². The summed E-state index contributed by atoms with van der Waals surface area (Å²) in [6, 6.07) is 16.9. The van der Waals surface area contributed by atoms with E-state index >= 15 is 0 Å². The van der Waals surface area contributed by atoms with Gasteiger partial charge in [-0.25, -0.2) is 4.79 Å². The largest absolute Gasteiger partial charge is 0.482 e. The number of methoxy groups -OCH3 is 1. The van der Waals surface area contributed by atoms with Crippen molar-refractivity contribution in [2.45, 2.75) is 6.54 Å². The van der Waals surface area contributed by atoms with Crippen molar-refractivity contribution in [1.82, 2.24) is 0 Å². The Hall–Kier alpha value is -4.53. The molecule has 0 bridgehead atoms. The number of rotatable bonds is 5. The molecule has 0 spiro atoms. The molecule has 0 radical (unpaired) electrons.